The van der Waals surface area contributed by atoms with Crippen molar-refractivity contribution in [3.05, 3.63) is 34.4 Å². The zero-order chi connectivity index (χ0) is 10.0. The van der Waals surface area contributed by atoms with Gasteiger partial charge >= 0.3 is 5.97 Å². The molecule has 70 valence electrons. The van der Waals surface area contributed by atoms with Crippen LogP contribution in [0.2, 0.25) is 5.02 Å². The first kappa shape index (κ1) is 9.92. The molecule has 0 aliphatic heterocycles. The Labute approximate surface area is 77.8 Å². The highest BCUT2D eigenvalue weighted by Crippen LogP contribution is 2.20. The predicted octanol–water partition coefficient (Wildman–Crippen LogP) is 2.25. The lowest BCUT2D eigenvalue weighted by molar-refractivity contribution is -0.136. The van der Waals surface area contributed by atoms with Crippen molar-refractivity contribution in [3.63, 3.8) is 0 Å². The molecular weight excluding hydrogens is 202 g/mol. The van der Waals surface area contributed by atoms with Gasteiger partial charge in [-0.3, -0.25) is 4.79 Å². The Balaban J connectivity index is 3.08. The van der Waals surface area contributed by atoms with Gasteiger partial charge in [0.1, 0.15) is 0 Å². The van der Waals surface area contributed by atoms with Crippen molar-refractivity contribution in [1.82, 2.24) is 0 Å². The number of aliphatic carboxylic acids is 1. The van der Waals surface area contributed by atoms with Crippen LogP contribution in [0.1, 0.15) is 5.56 Å². The van der Waals surface area contributed by atoms with Crippen molar-refractivity contribution in [2.24, 2.45) is 0 Å². The van der Waals surface area contributed by atoms with Crippen LogP contribution in [0.3, 0.4) is 0 Å². The van der Waals surface area contributed by atoms with E-state index in [4.69, 9.17) is 16.7 Å². The standard InChI is InChI=1S/C8H5ClF2O2/c9-5-3-7(11)6(10)1-4(5)2-8(12)13/h1,3H,2H2,(H,12,13). The summed E-state index contributed by atoms with van der Waals surface area (Å²) in [6.45, 7) is 0. The van der Waals surface area contributed by atoms with Crippen molar-refractivity contribution < 1.29 is 18.7 Å². The molecule has 1 aromatic carbocycles. The molecule has 0 amide bonds. The number of carbonyl (C=O) groups is 1. The van der Waals surface area contributed by atoms with E-state index in [1.165, 1.54) is 0 Å². The van der Waals surface area contributed by atoms with Gasteiger partial charge < -0.3 is 5.11 Å². The van der Waals surface area contributed by atoms with Gasteiger partial charge in [-0.1, -0.05) is 11.6 Å². The third-order valence-corrected chi connectivity index (χ3v) is 1.78. The molecule has 0 aliphatic carbocycles. The molecule has 0 heterocycles. The lowest BCUT2D eigenvalue weighted by atomic mass is 10.1. The highest BCUT2D eigenvalue weighted by atomic mass is 35.5. The fourth-order valence-electron chi connectivity index (χ4n) is 0.862. The molecule has 1 aromatic rings. The van der Waals surface area contributed by atoms with Crippen LogP contribution < -0.4 is 0 Å². The number of halogens is 3. The number of benzene rings is 1. The Bertz CT molecular complexity index is 352. The molecule has 0 fully saturated rings. The second-order valence-corrected chi connectivity index (χ2v) is 2.84. The summed E-state index contributed by atoms with van der Waals surface area (Å²) in [4.78, 5) is 10.2. The van der Waals surface area contributed by atoms with Crippen LogP contribution in [0.4, 0.5) is 8.78 Å². The minimum atomic E-state index is -1.15. The molecule has 0 atom stereocenters. The quantitative estimate of drug-likeness (QED) is 0.754. The summed E-state index contributed by atoms with van der Waals surface area (Å²) in [5, 5.41) is 8.29. The maximum atomic E-state index is 12.6. The van der Waals surface area contributed by atoms with Gasteiger partial charge in [-0.05, 0) is 17.7 Å². The van der Waals surface area contributed by atoms with Gasteiger partial charge in [0.25, 0.3) is 0 Å². The fraction of sp³-hybridized carbons (Fsp3) is 0.125. The second kappa shape index (κ2) is 3.70. The van der Waals surface area contributed by atoms with Crippen molar-refractivity contribution in [2.45, 2.75) is 6.42 Å². The van der Waals surface area contributed by atoms with Crippen LogP contribution in [-0.4, -0.2) is 11.1 Å². The minimum Gasteiger partial charge on any atom is -0.481 e. The van der Waals surface area contributed by atoms with E-state index in [2.05, 4.69) is 0 Å². The van der Waals surface area contributed by atoms with Crippen molar-refractivity contribution in [1.29, 1.82) is 0 Å². The van der Waals surface area contributed by atoms with Gasteiger partial charge in [0, 0.05) is 5.02 Å². The van der Waals surface area contributed by atoms with Crippen LogP contribution in [0.5, 0.6) is 0 Å². The number of carboxylic acid groups (broad SMARTS) is 1. The summed E-state index contributed by atoms with van der Waals surface area (Å²) >= 11 is 5.48. The Hall–Kier alpha value is -1.16. The summed E-state index contributed by atoms with van der Waals surface area (Å²) < 4.78 is 25.1. The molecule has 1 rings (SSSR count). The summed E-state index contributed by atoms with van der Waals surface area (Å²) in [6, 6.07) is 1.54. The lowest BCUT2D eigenvalue weighted by Crippen LogP contribution is -2.02. The molecular formula is C8H5ClF2O2. The number of rotatable bonds is 2. The molecule has 2 nitrogen and oxygen atoms in total. The topological polar surface area (TPSA) is 37.3 Å². The van der Waals surface area contributed by atoms with Gasteiger partial charge in [0.15, 0.2) is 11.6 Å². The summed E-state index contributed by atoms with van der Waals surface area (Å²) in [6.07, 6.45) is -0.421. The third kappa shape index (κ3) is 2.39. The zero-order valence-corrected chi connectivity index (χ0v) is 7.11. The normalized spacial score (nSPS) is 10.1. The Morgan fingerprint density at radius 2 is 1.92 bits per heavy atom. The van der Waals surface area contributed by atoms with Crippen molar-refractivity contribution in [3.8, 4) is 0 Å². The molecule has 0 aliphatic rings. The van der Waals surface area contributed by atoms with Crippen molar-refractivity contribution >= 4 is 17.6 Å². The molecule has 0 spiro atoms. The molecule has 0 saturated carbocycles. The van der Waals surface area contributed by atoms with E-state index in [-0.39, 0.29) is 10.6 Å². The first-order valence-corrected chi connectivity index (χ1v) is 3.73. The van der Waals surface area contributed by atoms with E-state index in [9.17, 15) is 13.6 Å². The zero-order valence-electron chi connectivity index (χ0n) is 6.35. The van der Waals surface area contributed by atoms with Crippen molar-refractivity contribution in [2.75, 3.05) is 0 Å². The average molecular weight is 207 g/mol. The minimum absolute atomic E-state index is 0.0630. The Morgan fingerprint density at radius 3 is 2.46 bits per heavy atom. The van der Waals surface area contributed by atoms with E-state index in [1.807, 2.05) is 0 Å². The number of carboxylic acids is 1. The molecule has 0 bridgehead atoms. The van der Waals surface area contributed by atoms with E-state index in [0.717, 1.165) is 12.1 Å². The van der Waals surface area contributed by atoms with Crippen LogP contribution >= 0.6 is 11.6 Å². The van der Waals surface area contributed by atoms with Crippen LogP contribution in [0, 0.1) is 11.6 Å². The van der Waals surface area contributed by atoms with Gasteiger partial charge in [0.2, 0.25) is 0 Å². The molecule has 1 N–H and O–H groups in total. The molecule has 0 saturated heterocycles. The van der Waals surface area contributed by atoms with E-state index < -0.39 is 24.0 Å². The van der Waals surface area contributed by atoms with E-state index in [1.54, 1.807) is 0 Å². The molecule has 0 aromatic heterocycles. The highest BCUT2D eigenvalue weighted by Gasteiger charge is 2.10. The van der Waals surface area contributed by atoms with Gasteiger partial charge in [-0.2, -0.15) is 0 Å². The predicted molar refractivity (Wildman–Crippen MR) is 42.7 cm³/mol. The monoisotopic (exact) mass is 206 g/mol. The smallest absolute Gasteiger partial charge is 0.307 e. The van der Waals surface area contributed by atoms with Crippen LogP contribution in [0.15, 0.2) is 12.1 Å². The maximum absolute atomic E-state index is 12.6. The van der Waals surface area contributed by atoms with Crippen LogP contribution in [-0.2, 0) is 11.2 Å². The SMILES string of the molecule is O=C(O)Cc1cc(F)c(F)cc1Cl. The average Bonchev–Trinajstić information content (AvgIpc) is 1.99. The van der Waals surface area contributed by atoms with Crippen LogP contribution in [0.25, 0.3) is 0 Å². The van der Waals surface area contributed by atoms with Gasteiger partial charge in [-0.25, -0.2) is 8.78 Å². The first-order valence-electron chi connectivity index (χ1n) is 3.36. The summed E-state index contributed by atoms with van der Waals surface area (Å²) in [5.41, 5.74) is 0.0630. The number of hydrogen-bond donors (Lipinski definition) is 1. The van der Waals surface area contributed by atoms with E-state index in [0.29, 0.717) is 0 Å². The number of hydrogen-bond acceptors (Lipinski definition) is 1. The highest BCUT2D eigenvalue weighted by molar-refractivity contribution is 6.31. The third-order valence-electron chi connectivity index (χ3n) is 1.43. The van der Waals surface area contributed by atoms with Gasteiger partial charge in [0.05, 0.1) is 6.42 Å². The Kier molecular flexibility index (Phi) is 2.83. The lowest BCUT2D eigenvalue weighted by Gasteiger charge is -2.01. The summed E-state index contributed by atoms with van der Waals surface area (Å²) in [7, 11) is 0. The molecule has 13 heavy (non-hydrogen) atoms. The molecule has 5 heteroatoms. The first-order chi connectivity index (χ1) is 6.00. The molecule has 0 radical (unpaired) electrons. The summed E-state index contributed by atoms with van der Waals surface area (Å²) in [5.74, 6) is -3.33. The largest absolute Gasteiger partial charge is 0.481 e. The fourth-order valence-corrected chi connectivity index (χ4v) is 1.08. The molecule has 0 unspecified atom stereocenters. The Morgan fingerprint density at radius 1 is 1.38 bits per heavy atom. The van der Waals surface area contributed by atoms with E-state index >= 15 is 0 Å². The maximum Gasteiger partial charge on any atom is 0.307 e. The van der Waals surface area contributed by atoms with Gasteiger partial charge in [-0.15, -0.1) is 0 Å². The second-order valence-electron chi connectivity index (χ2n) is 2.43.